The highest BCUT2D eigenvalue weighted by Crippen LogP contribution is 2.62. The van der Waals surface area contributed by atoms with Crippen LogP contribution in [0, 0.1) is 23.2 Å². The molecule has 6 unspecified atom stereocenters. The molecule has 27 heavy (non-hydrogen) atoms. The van der Waals surface area contributed by atoms with Crippen LogP contribution in [0.15, 0.2) is 0 Å². The molecule has 0 aromatic heterocycles. The second-order valence-corrected chi connectivity index (χ2v) is 9.75. The topological polar surface area (TPSA) is 98.8 Å². The van der Waals surface area contributed by atoms with Gasteiger partial charge >= 0.3 is 12.1 Å². The zero-order valence-corrected chi connectivity index (χ0v) is 15.9. The third-order valence-electron chi connectivity index (χ3n) is 6.07. The summed E-state index contributed by atoms with van der Waals surface area (Å²) in [7, 11) is -4.36. The maximum Gasteiger partial charge on any atom is 0.393 e. The largest absolute Gasteiger partial charge is 0.458 e. The summed E-state index contributed by atoms with van der Waals surface area (Å²) < 4.78 is 74.3. The Morgan fingerprint density at radius 2 is 1.85 bits per heavy atom. The number of carbonyl (C=O) groups excluding carboxylic acids is 2. The van der Waals surface area contributed by atoms with Crippen LogP contribution in [0.3, 0.4) is 0 Å². The van der Waals surface area contributed by atoms with Crippen LogP contribution < -0.4 is 5.32 Å². The van der Waals surface area contributed by atoms with Crippen molar-refractivity contribution >= 4 is 22.0 Å². The Morgan fingerprint density at radius 3 is 2.41 bits per heavy atom. The molecule has 0 radical (unpaired) electrons. The second kappa shape index (κ2) is 6.33. The SMILES string of the molecule is CCC(C)(C)C(=O)NCC(=O)OC1C2CC3C1OS(=O)(=O)C3C2C(F)(F)F. The van der Waals surface area contributed by atoms with Crippen molar-refractivity contribution in [3.8, 4) is 0 Å². The van der Waals surface area contributed by atoms with Crippen LogP contribution in [0.4, 0.5) is 13.2 Å². The van der Waals surface area contributed by atoms with Gasteiger partial charge in [0.15, 0.2) is 0 Å². The van der Waals surface area contributed by atoms with E-state index in [4.69, 9.17) is 8.92 Å². The molecule has 0 aromatic rings. The molecule has 6 atom stereocenters. The molecular formula is C16H22F3NO6S. The first-order chi connectivity index (χ1) is 12.3. The molecule has 1 aliphatic heterocycles. The Morgan fingerprint density at radius 1 is 1.22 bits per heavy atom. The van der Waals surface area contributed by atoms with Crippen LogP contribution >= 0.6 is 0 Å². The van der Waals surface area contributed by atoms with Crippen LogP contribution in [-0.4, -0.2) is 50.5 Å². The van der Waals surface area contributed by atoms with Gasteiger partial charge in [-0.2, -0.15) is 21.6 Å². The Kier molecular flexibility index (Phi) is 4.78. The summed E-state index contributed by atoms with van der Waals surface area (Å²) >= 11 is 0. The number of carbonyl (C=O) groups is 2. The lowest BCUT2D eigenvalue weighted by atomic mass is 9.84. The molecule has 3 fully saturated rings. The van der Waals surface area contributed by atoms with Crippen LogP contribution in [0.25, 0.3) is 0 Å². The number of hydrogen-bond donors (Lipinski definition) is 1. The van der Waals surface area contributed by atoms with Crippen molar-refractivity contribution in [1.82, 2.24) is 5.32 Å². The number of hydrogen-bond acceptors (Lipinski definition) is 6. The van der Waals surface area contributed by atoms with Crippen molar-refractivity contribution in [1.29, 1.82) is 0 Å². The summed E-state index contributed by atoms with van der Waals surface area (Å²) in [6.45, 7) is 4.68. The number of halogens is 3. The Labute approximate surface area is 155 Å². The molecule has 0 aromatic carbocycles. The summed E-state index contributed by atoms with van der Waals surface area (Å²) in [6, 6.07) is 0. The van der Waals surface area contributed by atoms with Crippen LogP contribution in [0.2, 0.25) is 0 Å². The van der Waals surface area contributed by atoms with Crippen molar-refractivity contribution in [2.45, 2.75) is 57.2 Å². The summed E-state index contributed by atoms with van der Waals surface area (Å²) in [4.78, 5) is 24.1. The normalized spacial score (nSPS) is 36.7. The zero-order valence-electron chi connectivity index (χ0n) is 15.1. The zero-order chi connectivity index (χ0) is 20.4. The number of fused-ring (bicyclic) bond motifs is 1. The lowest BCUT2D eigenvalue weighted by Gasteiger charge is -2.32. The van der Waals surface area contributed by atoms with E-state index in [1.165, 1.54) is 0 Å². The third kappa shape index (κ3) is 3.32. The van der Waals surface area contributed by atoms with E-state index in [9.17, 15) is 31.2 Å². The van der Waals surface area contributed by atoms with E-state index in [-0.39, 0.29) is 12.3 Å². The highest BCUT2D eigenvalue weighted by molar-refractivity contribution is 7.87. The van der Waals surface area contributed by atoms with Gasteiger partial charge in [0, 0.05) is 17.3 Å². The van der Waals surface area contributed by atoms with Crippen molar-refractivity contribution in [2.75, 3.05) is 6.54 Å². The van der Waals surface area contributed by atoms with Gasteiger partial charge in [0.1, 0.15) is 24.0 Å². The van der Waals surface area contributed by atoms with Gasteiger partial charge < -0.3 is 10.1 Å². The molecule has 1 N–H and O–H groups in total. The molecule has 3 aliphatic rings. The highest BCUT2D eigenvalue weighted by Gasteiger charge is 2.75. The number of esters is 1. The predicted molar refractivity (Wildman–Crippen MR) is 85.7 cm³/mol. The molecule has 0 spiro atoms. The van der Waals surface area contributed by atoms with E-state index in [1.807, 2.05) is 0 Å². The van der Waals surface area contributed by atoms with Gasteiger partial charge in [-0.25, -0.2) is 0 Å². The lowest BCUT2D eigenvalue weighted by Crippen LogP contribution is -2.49. The monoisotopic (exact) mass is 413 g/mol. The number of amides is 1. The molecular weight excluding hydrogens is 391 g/mol. The molecule has 3 rings (SSSR count). The van der Waals surface area contributed by atoms with Crippen molar-refractivity contribution in [3.05, 3.63) is 0 Å². The molecule has 2 aliphatic carbocycles. The molecule has 2 bridgehead atoms. The van der Waals surface area contributed by atoms with E-state index >= 15 is 0 Å². The Balaban J connectivity index is 1.70. The van der Waals surface area contributed by atoms with E-state index in [1.54, 1.807) is 20.8 Å². The molecule has 2 saturated carbocycles. The van der Waals surface area contributed by atoms with Gasteiger partial charge in [-0.05, 0) is 12.8 Å². The van der Waals surface area contributed by atoms with Gasteiger partial charge in [0.05, 0.1) is 5.92 Å². The smallest absolute Gasteiger partial charge is 0.393 e. The Bertz CT molecular complexity index is 750. The third-order valence-corrected chi connectivity index (χ3v) is 7.87. The fourth-order valence-corrected chi connectivity index (χ4v) is 6.42. The van der Waals surface area contributed by atoms with Crippen LogP contribution in [0.5, 0.6) is 0 Å². The summed E-state index contributed by atoms with van der Waals surface area (Å²) in [5.41, 5.74) is -0.704. The lowest BCUT2D eigenvalue weighted by molar-refractivity contribution is -0.203. The average molecular weight is 413 g/mol. The van der Waals surface area contributed by atoms with E-state index in [2.05, 4.69) is 5.32 Å². The molecule has 1 amide bonds. The minimum atomic E-state index is -4.74. The van der Waals surface area contributed by atoms with Gasteiger partial charge in [-0.15, -0.1) is 0 Å². The summed E-state index contributed by atoms with van der Waals surface area (Å²) in [5.74, 6) is -5.41. The van der Waals surface area contributed by atoms with Gasteiger partial charge in [-0.3, -0.25) is 13.8 Å². The summed E-state index contributed by atoms with van der Waals surface area (Å²) in [6.07, 6.45) is -6.61. The van der Waals surface area contributed by atoms with Crippen LogP contribution in [-0.2, 0) is 28.6 Å². The highest BCUT2D eigenvalue weighted by atomic mass is 32.2. The maximum absolute atomic E-state index is 13.4. The maximum atomic E-state index is 13.4. The summed E-state index contributed by atoms with van der Waals surface area (Å²) in [5, 5.41) is 0.766. The quantitative estimate of drug-likeness (QED) is 0.540. The van der Waals surface area contributed by atoms with Gasteiger partial charge in [0.2, 0.25) is 5.91 Å². The first-order valence-corrected chi connectivity index (χ1v) is 10.2. The van der Waals surface area contributed by atoms with Crippen molar-refractivity contribution in [3.63, 3.8) is 0 Å². The fourth-order valence-electron chi connectivity index (χ4n) is 4.32. The first kappa shape index (κ1) is 20.4. The molecule has 1 heterocycles. The van der Waals surface area contributed by atoms with E-state index in [0.717, 1.165) is 0 Å². The number of ether oxygens (including phenoxy) is 1. The van der Waals surface area contributed by atoms with Gasteiger partial charge in [-0.1, -0.05) is 20.8 Å². The molecule has 1 saturated heterocycles. The fraction of sp³-hybridized carbons (Fsp3) is 0.875. The van der Waals surface area contributed by atoms with Crippen molar-refractivity contribution < 1.29 is 40.1 Å². The number of rotatable bonds is 5. The number of alkyl halides is 3. The van der Waals surface area contributed by atoms with E-state index in [0.29, 0.717) is 6.42 Å². The van der Waals surface area contributed by atoms with Gasteiger partial charge in [0.25, 0.3) is 10.1 Å². The van der Waals surface area contributed by atoms with Crippen LogP contribution in [0.1, 0.15) is 33.6 Å². The first-order valence-electron chi connectivity index (χ1n) is 8.76. The Hall–Kier alpha value is -1.36. The van der Waals surface area contributed by atoms with E-state index < -0.39 is 69.4 Å². The molecule has 154 valence electrons. The van der Waals surface area contributed by atoms with Crippen molar-refractivity contribution in [2.24, 2.45) is 23.2 Å². The molecule has 11 heteroatoms. The standard InChI is InChI=1S/C16H22F3NO6S/c1-4-15(2,3)14(22)20-6-9(21)25-11-7-5-8-12(11)26-27(23,24)13(8)10(7)16(17,18)19/h7-8,10-13H,4-6H2,1-3H3,(H,20,22). The minimum absolute atomic E-state index is 0.0219. The average Bonchev–Trinajstić information content (AvgIpc) is 3.14. The minimum Gasteiger partial charge on any atom is -0.458 e. The number of nitrogens with one attached hydrogen (secondary N) is 1. The molecule has 7 nitrogen and oxygen atoms in total. The predicted octanol–water partition coefficient (Wildman–Crippen LogP) is 1.38. The second-order valence-electron chi connectivity index (χ2n) is 8.02.